The van der Waals surface area contributed by atoms with E-state index in [0.29, 0.717) is 29.5 Å². The third-order valence-electron chi connectivity index (χ3n) is 6.80. The average molecular weight is 375 g/mol. The maximum Gasteiger partial charge on any atom is 0.191 e. The lowest BCUT2D eigenvalue weighted by Crippen LogP contribution is -2.69. The number of aromatic nitrogens is 3. The van der Waals surface area contributed by atoms with Crippen molar-refractivity contribution in [2.45, 2.75) is 89.9 Å². The third kappa shape index (κ3) is 3.24. The molecule has 2 heterocycles. The topological polar surface area (TPSA) is 76.4 Å². The van der Waals surface area contributed by atoms with E-state index in [1.807, 2.05) is 7.05 Å². The lowest BCUT2D eigenvalue weighted by Gasteiger charge is -2.61. The molecule has 1 aromatic heterocycles. The van der Waals surface area contributed by atoms with Crippen molar-refractivity contribution in [3.8, 4) is 0 Å². The Morgan fingerprint density at radius 2 is 2.15 bits per heavy atom. The highest BCUT2D eigenvalue weighted by Crippen LogP contribution is 2.57. The molecule has 4 rings (SSSR count). The van der Waals surface area contributed by atoms with E-state index in [9.17, 15) is 0 Å². The summed E-state index contributed by atoms with van der Waals surface area (Å²) in [6.07, 6.45) is 7.42. The Kier molecular flexibility index (Phi) is 5.14. The summed E-state index contributed by atoms with van der Waals surface area (Å²) in [5.74, 6) is 3.53. The SMILES string of the molecule is CCOC1CC(NC(=NC)NC2CCc3nnc(C(C)C)n3C2)C12CCC2. The highest BCUT2D eigenvalue weighted by Gasteiger charge is 2.59. The van der Waals surface area contributed by atoms with Crippen molar-refractivity contribution < 1.29 is 4.74 Å². The zero-order valence-electron chi connectivity index (χ0n) is 17.2. The Morgan fingerprint density at radius 1 is 1.33 bits per heavy atom. The number of guanidine groups is 1. The molecule has 0 saturated heterocycles. The summed E-state index contributed by atoms with van der Waals surface area (Å²) in [6, 6.07) is 0.839. The van der Waals surface area contributed by atoms with E-state index in [0.717, 1.165) is 50.0 Å². The van der Waals surface area contributed by atoms with Crippen molar-refractivity contribution in [3.63, 3.8) is 0 Å². The molecule has 2 aliphatic carbocycles. The highest BCUT2D eigenvalue weighted by atomic mass is 16.5. The fourth-order valence-electron chi connectivity index (χ4n) is 5.06. The van der Waals surface area contributed by atoms with Crippen LogP contribution in [-0.4, -0.2) is 52.6 Å². The van der Waals surface area contributed by atoms with Crippen molar-refractivity contribution in [2.75, 3.05) is 13.7 Å². The number of nitrogens with zero attached hydrogens (tertiary/aromatic N) is 4. The number of fused-ring (bicyclic) bond motifs is 1. The van der Waals surface area contributed by atoms with Crippen molar-refractivity contribution in [3.05, 3.63) is 11.6 Å². The molecular formula is C20H34N6O. The van der Waals surface area contributed by atoms with Crippen molar-refractivity contribution >= 4 is 5.96 Å². The number of hydrogen-bond acceptors (Lipinski definition) is 4. The number of nitrogens with one attached hydrogen (secondary N) is 2. The first-order valence-electron chi connectivity index (χ1n) is 10.6. The summed E-state index contributed by atoms with van der Waals surface area (Å²) < 4.78 is 8.27. The molecule has 0 aromatic carbocycles. The van der Waals surface area contributed by atoms with Gasteiger partial charge in [-0.2, -0.15) is 0 Å². The van der Waals surface area contributed by atoms with Crippen molar-refractivity contribution in [1.82, 2.24) is 25.4 Å². The minimum absolute atomic E-state index is 0.340. The predicted molar refractivity (Wildman–Crippen MR) is 106 cm³/mol. The second-order valence-electron chi connectivity index (χ2n) is 8.66. The largest absolute Gasteiger partial charge is 0.378 e. The fourth-order valence-corrected chi connectivity index (χ4v) is 5.06. The van der Waals surface area contributed by atoms with Gasteiger partial charge in [0, 0.05) is 50.0 Å². The molecule has 3 unspecified atom stereocenters. The van der Waals surface area contributed by atoms with Gasteiger partial charge in [-0.25, -0.2) is 0 Å². The van der Waals surface area contributed by atoms with Gasteiger partial charge in [0.2, 0.25) is 0 Å². The number of rotatable bonds is 5. The Bertz CT molecular complexity index is 693. The molecule has 3 aliphatic rings. The van der Waals surface area contributed by atoms with Crippen LogP contribution in [0.5, 0.6) is 0 Å². The van der Waals surface area contributed by atoms with Gasteiger partial charge in [-0.05, 0) is 32.6 Å². The standard InChI is InChI=1S/C20H34N6O/c1-5-27-16-11-15(20(16)9-6-10-20)23-19(21-4)22-14-7-8-17-24-25-18(13(2)3)26(17)12-14/h13-16H,5-12H2,1-4H3,(H2,21,22,23). The zero-order valence-corrected chi connectivity index (χ0v) is 17.2. The van der Waals surface area contributed by atoms with Gasteiger partial charge in [0.15, 0.2) is 5.96 Å². The second kappa shape index (κ2) is 7.41. The predicted octanol–water partition coefficient (Wildman–Crippen LogP) is 2.23. The molecule has 2 saturated carbocycles. The van der Waals surface area contributed by atoms with Crippen LogP contribution in [-0.2, 0) is 17.7 Å². The summed E-state index contributed by atoms with van der Waals surface area (Å²) >= 11 is 0. The fraction of sp³-hybridized carbons (Fsp3) is 0.850. The van der Waals surface area contributed by atoms with Gasteiger partial charge in [-0.3, -0.25) is 4.99 Å². The maximum atomic E-state index is 5.98. The highest BCUT2D eigenvalue weighted by molar-refractivity contribution is 5.80. The molecule has 2 fully saturated rings. The van der Waals surface area contributed by atoms with Gasteiger partial charge >= 0.3 is 0 Å². The van der Waals surface area contributed by atoms with Crippen molar-refractivity contribution in [2.24, 2.45) is 10.4 Å². The van der Waals surface area contributed by atoms with Crippen LogP contribution in [0.25, 0.3) is 0 Å². The minimum Gasteiger partial charge on any atom is -0.378 e. The lowest BCUT2D eigenvalue weighted by molar-refractivity contribution is -0.168. The van der Waals surface area contributed by atoms with Gasteiger partial charge in [0.05, 0.1) is 6.10 Å². The van der Waals surface area contributed by atoms with Crippen molar-refractivity contribution in [1.29, 1.82) is 0 Å². The van der Waals surface area contributed by atoms with E-state index in [1.165, 1.54) is 19.3 Å². The Morgan fingerprint density at radius 3 is 2.78 bits per heavy atom. The molecular weight excluding hydrogens is 340 g/mol. The van der Waals surface area contributed by atoms with Crippen LogP contribution in [0.2, 0.25) is 0 Å². The Hall–Kier alpha value is -1.63. The first-order valence-corrected chi connectivity index (χ1v) is 10.6. The molecule has 150 valence electrons. The second-order valence-corrected chi connectivity index (χ2v) is 8.66. The van der Waals surface area contributed by atoms with Gasteiger partial charge < -0.3 is 19.9 Å². The molecule has 2 N–H and O–H groups in total. The monoisotopic (exact) mass is 374 g/mol. The molecule has 7 heteroatoms. The van der Waals surface area contributed by atoms with Gasteiger partial charge in [-0.15, -0.1) is 10.2 Å². The Labute approximate surface area is 162 Å². The van der Waals surface area contributed by atoms with Gasteiger partial charge in [-0.1, -0.05) is 20.3 Å². The quantitative estimate of drug-likeness (QED) is 0.611. The average Bonchev–Trinajstić information content (AvgIpc) is 3.01. The Balaban J connectivity index is 1.37. The van der Waals surface area contributed by atoms with Gasteiger partial charge in [0.1, 0.15) is 11.6 Å². The van der Waals surface area contributed by atoms with E-state index < -0.39 is 0 Å². The number of hydrogen-bond donors (Lipinski definition) is 2. The summed E-state index contributed by atoms with van der Waals surface area (Å²) in [5.41, 5.74) is 0.340. The molecule has 1 spiro atoms. The zero-order chi connectivity index (χ0) is 19.0. The van der Waals surface area contributed by atoms with Crippen LogP contribution in [0.15, 0.2) is 4.99 Å². The van der Waals surface area contributed by atoms with E-state index in [1.54, 1.807) is 0 Å². The summed E-state index contributed by atoms with van der Waals surface area (Å²) in [6.45, 7) is 8.18. The van der Waals surface area contributed by atoms with E-state index >= 15 is 0 Å². The van der Waals surface area contributed by atoms with E-state index in [4.69, 9.17) is 4.74 Å². The van der Waals surface area contributed by atoms with E-state index in [-0.39, 0.29) is 0 Å². The molecule has 0 bridgehead atoms. The van der Waals surface area contributed by atoms with Crippen LogP contribution in [0.3, 0.4) is 0 Å². The third-order valence-corrected chi connectivity index (χ3v) is 6.80. The molecule has 7 nitrogen and oxygen atoms in total. The molecule has 1 aliphatic heterocycles. The number of aryl methyl sites for hydroxylation is 1. The van der Waals surface area contributed by atoms with Crippen LogP contribution in [0, 0.1) is 5.41 Å². The molecule has 1 aromatic rings. The van der Waals surface area contributed by atoms with E-state index in [2.05, 4.69) is 51.2 Å². The molecule has 0 amide bonds. The first kappa shape index (κ1) is 18.7. The van der Waals surface area contributed by atoms with Crippen LogP contribution in [0.4, 0.5) is 0 Å². The summed E-state index contributed by atoms with van der Waals surface area (Å²) in [7, 11) is 1.87. The summed E-state index contributed by atoms with van der Waals surface area (Å²) in [5, 5.41) is 16.1. The summed E-state index contributed by atoms with van der Waals surface area (Å²) in [4.78, 5) is 4.51. The van der Waals surface area contributed by atoms with Crippen LogP contribution in [0.1, 0.15) is 70.4 Å². The van der Waals surface area contributed by atoms with Crippen LogP contribution < -0.4 is 10.6 Å². The number of aliphatic imine (C=N–C) groups is 1. The first-order chi connectivity index (χ1) is 13.1. The maximum absolute atomic E-state index is 5.98. The van der Waals surface area contributed by atoms with Crippen LogP contribution >= 0.6 is 0 Å². The van der Waals surface area contributed by atoms with Gasteiger partial charge in [0.25, 0.3) is 0 Å². The normalized spacial score (nSPS) is 29.2. The molecule has 0 radical (unpaired) electrons. The number of ether oxygens (including phenoxy) is 1. The lowest BCUT2D eigenvalue weighted by atomic mass is 9.51. The molecule has 27 heavy (non-hydrogen) atoms. The minimum atomic E-state index is 0.340. The molecule has 3 atom stereocenters. The smallest absolute Gasteiger partial charge is 0.191 e.